The van der Waals surface area contributed by atoms with E-state index in [1.54, 1.807) is 69.3 Å². The maximum Gasteiger partial charge on any atom is 0.278 e. The number of carbonyl (C=O) groups excluding carboxylic acids is 2. The third-order valence-electron chi connectivity index (χ3n) is 3.32. The Kier molecular flexibility index (Phi) is 6.27. The van der Waals surface area contributed by atoms with Gasteiger partial charge in [-0.15, -0.1) is 4.53 Å². The van der Waals surface area contributed by atoms with Gasteiger partial charge in [-0.1, -0.05) is 35.9 Å². The fourth-order valence-electron chi connectivity index (χ4n) is 2.05. The van der Waals surface area contributed by atoms with E-state index in [0.717, 1.165) is 9.54 Å². The van der Waals surface area contributed by atoms with Crippen LogP contribution in [0.2, 0.25) is 5.02 Å². The van der Waals surface area contributed by atoms with E-state index in [2.05, 4.69) is 15.9 Å². The second kappa shape index (κ2) is 7.87. The monoisotopic (exact) mass is 442 g/mol. The summed E-state index contributed by atoms with van der Waals surface area (Å²) in [5.74, 6) is -1.15. The minimum absolute atomic E-state index is 0.194. The predicted molar refractivity (Wildman–Crippen MR) is 104 cm³/mol. The van der Waals surface area contributed by atoms with Crippen LogP contribution in [0.5, 0.6) is 0 Å². The highest BCUT2D eigenvalue weighted by Crippen LogP contribution is 2.27. The fourth-order valence-corrected chi connectivity index (χ4v) is 2.86. The first-order valence-corrected chi connectivity index (χ1v) is 8.99. The average Bonchev–Trinajstić information content (AvgIpc) is 2.54. The van der Waals surface area contributed by atoms with Crippen LogP contribution in [0.25, 0.3) is 0 Å². The topological polar surface area (TPSA) is 40.6 Å². The molecule has 132 valence electrons. The molecule has 2 amide bonds. The molecule has 0 heterocycles. The number of benzene rings is 2. The molecule has 0 radical (unpaired) electrons. The largest absolute Gasteiger partial charge is 0.278 e. The molecule has 2 aromatic carbocycles. The van der Waals surface area contributed by atoms with Gasteiger partial charge in [0.05, 0.1) is 16.1 Å². The lowest BCUT2D eigenvalue weighted by atomic mass is 10.1. The number of amides is 2. The van der Waals surface area contributed by atoms with Gasteiger partial charge in [0.2, 0.25) is 0 Å². The van der Waals surface area contributed by atoms with Crippen LogP contribution in [0.1, 0.15) is 41.5 Å². The maximum absolute atomic E-state index is 13.1. The molecule has 0 aliphatic carbocycles. The molecule has 0 spiro atoms. The zero-order valence-corrected chi connectivity index (χ0v) is 17.1. The van der Waals surface area contributed by atoms with E-state index in [4.69, 9.17) is 23.4 Å². The summed E-state index contributed by atoms with van der Waals surface area (Å²) in [6, 6.07) is 13.4. The summed E-state index contributed by atoms with van der Waals surface area (Å²) in [5.41, 5.74) is -0.174. The van der Waals surface area contributed by atoms with E-state index in [-0.39, 0.29) is 10.6 Å². The normalized spacial score (nSPS) is 11.5. The third kappa shape index (κ3) is 4.42. The molecule has 0 unspecified atom stereocenters. The molecule has 0 aliphatic heterocycles. The van der Waals surface area contributed by atoms with Gasteiger partial charge in [0.1, 0.15) is 0 Å². The molecule has 2 aromatic rings. The lowest BCUT2D eigenvalue weighted by Gasteiger charge is -2.36. The van der Waals surface area contributed by atoms with Gasteiger partial charge in [-0.25, -0.2) is 0 Å². The van der Waals surface area contributed by atoms with Gasteiger partial charge >= 0.3 is 0 Å². The van der Waals surface area contributed by atoms with Crippen LogP contribution in [-0.2, 0) is 0 Å². The second-order valence-corrected chi connectivity index (χ2v) is 7.89. The molecule has 2 rings (SSSR count). The van der Waals surface area contributed by atoms with Crippen molar-refractivity contribution in [3.8, 4) is 0 Å². The van der Waals surface area contributed by atoms with Crippen LogP contribution in [0, 0.1) is 0 Å². The van der Waals surface area contributed by atoms with Gasteiger partial charge in [-0.2, -0.15) is 5.01 Å². The van der Waals surface area contributed by atoms with Crippen molar-refractivity contribution < 1.29 is 9.59 Å². The van der Waals surface area contributed by atoms with Crippen LogP contribution in [0.4, 0.5) is 0 Å². The van der Waals surface area contributed by atoms with Gasteiger partial charge in [0.25, 0.3) is 11.8 Å². The smallest absolute Gasteiger partial charge is 0.267 e. The Morgan fingerprint density at radius 1 is 0.920 bits per heavy atom. The standard InChI is InChI=1S/C18H17BrCl2N2O2/c1-18(2,3)23(21)22(16(24)12-8-4-6-10-14(12)19)17(25)13-9-5-7-11-15(13)20/h4-11H,1-3H3. The van der Waals surface area contributed by atoms with E-state index in [0.29, 0.717) is 10.0 Å². The van der Waals surface area contributed by atoms with Crippen molar-refractivity contribution >= 4 is 51.1 Å². The Hall–Kier alpha value is -1.40. The van der Waals surface area contributed by atoms with Gasteiger partial charge in [-0.05, 0) is 61.0 Å². The van der Waals surface area contributed by atoms with Crippen LogP contribution in [-0.4, -0.2) is 26.9 Å². The summed E-state index contributed by atoms with van der Waals surface area (Å²) in [6.45, 7) is 5.38. The van der Waals surface area contributed by atoms with E-state index in [1.807, 2.05) is 0 Å². The van der Waals surface area contributed by atoms with Crippen molar-refractivity contribution in [2.75, 3.05) is 0 Å². The summed E-state index contributed by atoms with van der Waals surface area (Å²) in [5, 5.41) is 1.15. The zero-order chi connectivity index (χ0) is 18.8. The van der Waals surface area contributed by atoms with Crippen molar-refractivity contribution in [1.82, 2.24) is 9.54 Å². The molecule has 0 fully saturated rings. The Morgan fingerprint density at radius 3 is 1.92 bits per heavy atom. The summed E-state index contributed by atoms with van der Waals surface area (Å²) < 4.78 is 1.66. The molecule has 0 aromatic heterocycles. The zero-order valence-electron chi connectivity index (χ0n) is 14.0. The molecular formula is C18H17BrCl2N2O2. The first-order chi connectivity index (χ1) is 11.6. The van der Waals surface area contributed by atoms with Gasteiger partial charge in [-0.3, -0.25) is 9.59 Å². The van der Waals surface area contributed by atoms with Crippen LogP contribution in [0.15, 0.2) is 53.0 Å². The lowest BCUT2D eigenvalue weighted by molar-refractivity contribution is 0.00539. The van der Waals surface area contributed by atoms with Crippen molar-refractivity contribution in [3.63, 3.8) is 0 Å². The number of imide groups is 1. The number of hydrogen-bond acceptors (Lipinski definition) is 3. The maximum atomic E-state index is 13.1. The molecule has 7 heteroatoms. The number of hydrazine groups is 1. The Morgan fingerprint density at radius 2 is 1.40 bits per heavy atom. The Labute approximate surface area is 165 Å². The predicted octanol–water partition coefficient (Wildman–Crippen LogP) is 5.55. The highest BCUT2D eigenvalue weighted by molar-refractivity contribution is 9.10. The van der Waals surface area contributed by atoms with E-state index >= 15 is 0 Å². The molecule has 0 N–H and O–H groups in total. The molecule has 0 bridgehead atoms. The number of hydrogen-bond donors (Lipinski definition) is 0. The van der Waals surface area contributed by atoms with Crippen LogP contribution >= 0.6 is 39.3 Å². The minimum atomic E-state index is -0.685. The summed E-state index contributed by atoms with van der Waals surface area (Å²) in [7, 11) is 0. The van der Waals surface area contributed by atoms with Crippen molar-refractivity contribution in [1.29, 1.82) is 0 Å². The third-order valence-corrected chi connectivity index (χ3v) is 5.00. The molecule has 0 atom stereocenters. The molecule has 4 nitrogen and oxygen atoms in total. The Bertz CT molecular complexity index is 748. The molecular weight excluding hydrogens is 427 g/mol. The first-order valence-electron chi connectivity index (χ1n) is 7.48. The van der Waals surface area contributed by atoms with Crippen molar-refractivity contribution in [2.24, 2.45) is 0 Å². The highest BCUT2D eigenvalue weighted by Gasteiger charge is 2.36. The molecule has 0 saturated heterocycles. The van der Waals surface area contributed by atoms with Crippen LogP contribution in [0.3, 0.4) is 0 Å². The summed E-state index contributed by atoms with van der Waals surface area (Å²) >= 11 is 15.8. The van der Waals surface area contributed by atoms with Gasteiger partial charge in [0.15, 0.2) is 0 Å². The first kappa shape index (κ1) is 19.9. The Balaban J connectivity index is 2.55. The molecule has 0 aliphatic rings. The minimum Gasteiger partial charge on any atom is -0.267 e. The number of nitrogens with zero attached hydrogens (tertiary/aromatic N) is 2. The average molecular weight is 444 g/mol. The summed E-state index contributed by atoms with van der Waals surface area (Å²) in [4.78, 5) is 26.1. The van der Waals surface area contributed by atoms with Crippen molar-refractivity contribution in [3.05, 3.63) is 69.2 Å². The van der Waals surface area contributed by atoms with E-state index in [1.165, 1.54) is 0 Å². The van der Waals surface area contributed by atoms with Crippen LogP contribution < -0.4 is 0 Å². The van der Waals surface area contributed by atoms with Crippen molar-refractivity contribution in [2.45, 2.75) is 26.3 Å². The molecule has 0 saturated carbocycles. The quantitative estimate of drug-likeness (QED) is 0.354. The van der Waals surface area contributed by atoms with Gasteiger partial charge < -0.3 is 0 Å². The van der Waals surface area contributed by atoms with E-state index in [9.17, 15) is 9.59 Å². The number of carbonyl (C=O) groups is 2. The fraction of sp³-hybridized carbons (Fsp3) is 0.222. The SMILES string of the molecule is CC(C)(C)N(Cl)N(C(=O)c1ccccc1Cl)C(=O)c1ccccc1Br. The second-order valence-electron chi connectivity index (χ2n) is 6.31. The molecule has 25 heavy (non-hydrogen) atoms. The highest BCUT2D eigenvalue weighted by atomic mass is 79.9. The number of rotatable bonds is 3. The van der Waals surface area contributed by atoms with Gasteiger partial charge in [0, 0.05) is 21.8 Å². The lowest BCUT2D eigenvalue weighted by Crippen LogP contribution is -2.53. The summed E-state index contributed by atoms with van der Waals surface area (Å²) in [6.07, 6.45) is 0. The number of halogens is 3. The van der Waals surface area contributed by atoms with E-state index < -0.39 is 17.4 Å².